The van der Waals surface area contributed by atoms with Gasteiger partial charge in [0.15, 0.2) is 5.13 Å². The van der Waals surface area contributed by atoms with Gasteiger partial charge in [-0.3, -0.25) is 10.1 Å². The van der Waals surface area contributed by atoms with E-state index in [1.807, 2.05) is 30.3 Å². The van der Waals surface area contributed by atoms with Crippen LogP contribution in [0.2, 0.25) is 0 Å². The number of thiazole rings is 1. The Morgan fingerprint density at radius 3 is 2.90 bits per heavy atom. The summed E-state index contributed by atoms with van der Waals surface area (Å²) in [7, 11) is 0. The zero-order valence-corrected chi connectivity index (χ0v) is 11.7. The van der Waals surface area contributed by atoms with Crippen LogP contribution < -0.4 is 5.32 Å². The van der Waals surface area contributed by atoms with E-state index >= 15 is 0 Å². The fraction of sp³-hybridized carbons (Fsp3) is 0.214. The van der Waals surface area contributed by atoms with E-state index in [-0.39, 0.29) is 5.91 Å². The minimum Gasteiger partial charge on any atom is -0.379 e. The van der Waals surface area contributed by atoms with Crippen LogP contribution in [0.5, 0.6) is 0 Å². The summed E-state index contributed by atoms with van der Waals surface area (Å²) in [6.45, 7) is 1.73. The molecular formula is C14H13N3O2S. The van der Waals surface area contributed by atoms with E-state index in [4.69, 9.17) is 4.84 Å². The lowest BCUT2D eigenvalue weighted by molar-refractivity contribution is -0.135. The van der Waals surface area contributed by atoms with Gasteiger partial charge in [0.05, 0.1) is 5.71 Å². The Labute approximate surface area is 120 Å². The summed E-state index contributed by atoms with van der Waals surface area (Å²) < 4.78 is 0. The molecule has 20 heavy (non-hydrogen) atoms. The third kappa shape index (κ3) is 2.42. The van der Waals surface area contributed by atoms with Crippen molar-refractivity contribution in [1.29, 1.82) is 0 Å². The van der Waals surface area contributed by atoms with Crippen molar-refractivity contribution in [3.63, 3.8) is 0 Å². The summed E-state index contributed by atoms with van der Waals surface area (Å²) in [4.78, 5) is 21.7. The topological polar surface area (TPSA) is 63.6 Å². The number of carbonyl (C=O) groups excluding carboxylic acids is 1. The molecule has 1 aliphatic rings. The highest BCUT2D eigenvalue weighted by Crippen LogP contribution is 2.28. The Balaban J connectivity index is 1.72. The average molecular weight is 287 g/mol. The summed E-state index contributed by atoms with van der Waals surface area (Å²) in [5.74, 6) is -0.234. The van der Waals surface area contributed by atoms with Crippen molar-refractivity contribution in [2.24, 2.45) is 5.16 Å². The van der Waals surface area contributed by atoms with Gasteiger partial charge >= 0.3 is 0 Å². The van der Waals surface area contributed by atoms with Crippen LogP contribution in [-0.4, -0.2) is 22.2 Å². The second-order valence-electron chi connectivity index (χ2n) is 4.69. The zero-order chi connectivity index (χ0) is 14.0. The third-order valence-electron chi connectivity index (χ3n) is 3.10. The number of oxime groups is 1. The Morgan fingerprint density at radius 1 is 1.40 bits per heavy atom. The third-order valence-corrected chi connectivity index (χ3v) is 3.79. The van der Waals surface area contributed by atoms with E-state index in [0.717, 1.165) is 11.3 Å². The van der Waals surface area contributed by atoms with E-state index in [1.54, 1.807) is 18.5 Å². The largest absolute Gasteiger partial charge is 0.379 e. The Morgan fingerprint density at radius 2 is 2.20 bits per heavy atom. The van der Waals surface area contributed by atoms with E-state index in [2.05, 4.69) is 15.5 Å². The van der Waals surface area contributed by atoms with Crippen molar-refractivity contribution in [3.8, 4) is 0 Å². The number of anilines is 1. The Hall–Kier alpha value is -2.21. The molecule has 0 saturated carbocycles. The van der Waals surface area contributed by atoms with Gasteiger partial charge in [0.2, 0.25) is 5.60 Å². The number of rotatable bonds is 3. The maximum absolute atomic E-state index is 12.3. The van der Waals surface area contributed by atoms with Gasteiger partial charge in [-0.2, -0.15) is 0 Å². The molecule has 1 aromatic carbocycles. The second-order valence-corrected chi connectivity index (χ2v) is 5.59. The van der Waals surface area contributed by atoms with Crippen LogP contribution in [0, 0.1) is 0 Å². The zero-order valence-electron chi connectivity index (χ0n) is 10.9. The molecule has 1 aromatic heterocycles. The molecule has 1 amide bonds. The SMILES string of the molecule is C[C@@]1(C(=O)Nc2nccs2)CC(c2ccccc2)=NO1. The molecule has 0 radical (unpaired) electrons. The van der Waals surface area contributed by atoms with Crippen LogP contribution >= 0.6 is 11.3 Å². The van der Waals surface area contributed by atoms with Gasteiger partial charge in [-0.25, -0.2) is 4.98 Å². The predicted octanol–water partition coefficient (Wildman–Crippen LogP) is 2.66. The maximum Gasteiger partial charge on any atom is 0.273 e. The maximum atomic E-state index is 12.3. The average Bonchev–Trinajstić information content (AvgIpc) is 3.10. The molecule has 0 spiro atoms. The van der Waals surface area contributed by atoms with Gasteiger partial charge in [0.25, 0.3) is 5.91 Å². The molecule has 5 nitrogen and oxygen atoms in total. The van der Waals surface area contributed by atoms with Gasteiger partial charge in [0, 0.05) is 18.0 Å². The number of nitrogens with one attached hydrogen (secondary N) is 1. The van der Waals surface area contributed by atoms with E-state index in [1.165, 1.54) is 11.3 Å². The van der Waals surface area contributed by atoms with Gasteiger partial charge < -0.3 is 4.84 Å². The molecule has 2 aromatic rings. The molecule has 0 saturated heterocycles. The first-order chi connectivity index (χ1) is 9.67. The molecule has 0 unspecified atom stereocenters. The number of amides is 1. The van der Waals surface area contributed by atoms with E-state index in [0.29, 0.717) is 11.6 Å². The first-order valence-corrected chi connectivity index (χ1v) is 7.07. The van der Waals surface area contributed by atoms with Crippen molar-refractivity contribution in [1.82, 2.24) is 4.98 Å². The van der Waals surface area contributed by atoms with E-state index in [9.17, 15) is 4.79 Å². The normalized spacial score (nSPS) is 21.1. The second kappa shape index (κ2) is 5.05. The van der Waals surface area contributed by atoms with Crippen molar-refractivity contribution < 1.29 is 9.63 Å². The molecule has 6 heteroatoms. The highest BCUT2D eigenvalue weighted by atomic mass is 32.1. The van der Waals surface area contributed by atoms with Crippen molar-refractivity contribution in [2.45, 2.75) is 18.9 Å². The van der Waals surface area contributed by atoms with Crippen LogP contribution in [-0.2, 0) is 9.63 Å². The summed E-state index contributed by atoms with van der Waals surface area (Å²) in [6.07, 6.45) is 2.08. The fourth-order valence-corrected chi connectivity index (χ4v) is 2.49. The minimum atomic E-state index is -0.989. The molecule has 0 aliphatic carbocycles. The predicted molar refractivity (Wildman–Crippen MR) is 77.8 cm³/mol. The molecular weight excluding hydrogens is 274 g/mol. The van der Waals surface area contributed by atoms with Crippen LogP contribution in [0.3, 0.4) is 0 Å². The number of benzene rings is 1. The number of aromatic nitrogens is 1. The van der Waals surface area contributed by atoms with Gasteiger partial charge in [-0.1, -0.05) is 35.5 Å². The first-order valence-electron chi connectivity index (χ1n) is 6.19. The Bertz CT molecular complexity index is 640. The molecule has 0 fully saturated rings. The standard InChI is InChI=1S/C14H13N3O2S/c1-14(12(18)16-13-15-7-8-20-13)9-11(17-19-14)10-5-3-2-4-6-10/h2-8H,9H2,1H3,(H,15,16,18)/t14-/m0/s1. The molecule has 1 N–H and O–H groups in total. The number of hydrogen-bond donors (Lipinski definition) is 1. The number of carbonyl (C=O) groups is 1. The van der Waals surface area contributed by atoms with Gasteiger partial charge in [-0.05, 0) is 12.5 Å². The molecule has 3 rings (SSSR count). The minimum absolute atomic E-state index is 0.234. The monoisotopic (exact) mass is 287 g/mol. The smallest absolute Gasteiger partial charge is 0.273 e. The van der Waals surface area contributed by atoms with Crippen molar-refractivity contribution in [3.05, 3.63) is 47.5 Å². The lowest BCUT2D eigenvalue weighted by Crippen LogP contribution is -2.40. The molecule has 0 bridgehead atoms. The van der Waals surface area contributed by atoms with Gasteiger partial charge in [0.1, 0.15) is 0 Å². The summed E-state index contributed by atoms with van der Waals surface area (Å²) >= 11 is 1.37. The first kappa shape index (κ1) is 12.8. The molecule has 2 heterocycles. The quantitative estimate of drug-likeness (QED) is 0.944. The number of nitrogens with zero attached hydrogens (tertiary/aromatic N) is 2. The summed E-state index contributed by atoms with van der Waals surface area (Å²) in [5.41, 5.74) is 0.761. The highest BCUT2D eigenvalue weighted by Gasteiger charge is 2.42. The van der Waals surface area contributed by atoms with Crippen LogP contribution in [0.25, 0.3) is 0 Å². The van der Waals surface area contributed by atoms with Crippen molar-refractivity contribution in [2.75, 3.05) is 5.32 Å². The lowest BCUT2D eigenvalue weighted by atomic mass is 9.95. The number of hydrogen-bond acceptors (Lipinski definition) is 5. The van der Waals surface area contributed by atoms with Crippen LogP contribution in [0.1, 0.15) is 18.9 Å². The van der Waals surface area contributed by atoms with Gasteiger partial charge in [-0.15, -0.1) is 11.3 Å². The molecule has 1 atom stereocenters. The van der Waals surface area contributed by atoms with Crippen LogP contribution in [0.15, 0.2) is 47.1 Å². The fourth-order valence-electron chi connectivity index (χ4n) is 1.96. The van der Waals surface area contributed by atoms with Crippen LogP contribution in [0.4, 0.5) is 5.13 Å². The summed E-state index contributed by atoms with van der Waals surface area (Å²) in [6, 6.07) is 9.71. The lowest BCUT2D eigenvalue weighted by Gasteiger charge is -2.19. The molecule has 102 valence electrons. The summed E-state index contributed by atoms with van der Waals surface area (Å²) in [5, 5.41) is 9.16. The molecule has 1 aliphatic heterocycles. The van der Waals surface area contributed by atoms with Crippen molar-refractivity contribution >= 4 is 28.1 Å². The Kier molecular flexibility index (Phi) is 3.23. The highest BCUT2D eigenvalue weighted by molar-refractivity contribution is 7.13. The van der Waals surface area contributed by atoms with E-state index < -0.39 is 5.60 Å².